The topological polar surface area (TPSA) is 142 Å². The fourth-order valence-corrected chi connectivity index (χ4v) is 5.85. The van der Waals surface area contributed by atoms with Gasteiger partial charge >= 0.3 is 0 Å². The molecule has 4 atom stereocenters. The van der Waals surface area contributed by atoms with Crippen molar-refractivity contribution in [2.45, 2.75) is 56.9 Å². The maximum absolute atomic E-state index is 13.7. The summed E-state index contributed by atoms with van der Waals surface area (Å²) in [4.78, 5) is 51.7. The molecule has 0 unspecified atom stereocenters. The SMILES string of the molecule is COc1cc(C=O)cc2c1O[C@@H]1[C@@H](O)[C@H](N(Cc3ccc(Cl)cc3Cl)C(=O)CCCC(C)=O)C=C(C(=O)NCCO)[C@H]21. The zero-order chi connectivity index (χ0) is 30.6. The molecule has 0 saturated carbocycles. The highest BCUT2D eigenvalue weighted by atomic mass is 35.5. The van der Waals surface area contributed by atoms with Gasteiger partial charge in [-0.3, -0.25) is 14.4 Å². The highest BCUT2D eigenvalue weighted by Crippen LogP contribution is 2.51. The van der Waals surface area contributed by atoms with E-state index in [1.165, 1.54) is 31.1 Å². The molecular weight excluding hydrogens is 587 g/mol. The Morgan fingerprint density at radius 2 is 1.93 bits per heavy atom. The summed E-state index contributed by atoms with van der Waals surface area (Å²) < 4.78 is 11.6. The summed E-state index contributed by atoms with van der Waals surface area (Å²) in [5.74, 6) is -1.22. The van der Waals surface area contributed by atoms with E-state index in [-0.39, 0.29) is 61.3 Å². The lowest BCUT2D eigenvalue weighted by Gasteiger charge is -2.41. The number of carbonyl (C=O) groups is 4. The molecule has 12 heteroatoms. The van der Waals surface area contributed by atoms with Crippen molar-refractivity contribution >= 4 is 47.1 Å². The molecule has 42 heavy (non-hydrogen) atoms. The number of aldehydes is 1. The number of halogens is 2. The van der Waals surface area contributed by atoms with Gasteiger partial charge in [0, 0.05) is 52.7 Å². The minimum absolute atomic E-state index is 0.0135. The van der Waals surface area contributed by atoms with Gasteiger partial charge in [-0.2, -0.15) is 0 Å². The van der Waals surface area contributed by atoms with Crippen molar-refractivity contribution in [1.29, 1.82) is 0 Å². The summed E-state index contributed by atoms with van der Waals surface area (Å²) in [6.07, 6.45) is 0.349. The number of carbonyl (C=O) groups excluding carboxylic acids is 4. The van der Waals surface area contributed by atoms with Crippen LogP contribution < -0.4 is 14.8 Å². The number of aliphatic hydroxyl groups excluding tert-OH is 2. The lowest BCUT2D eigenvalue weighted by molar-refractivity contribution is -0.138. The summed E-state index contributed by atoms with van der Waals surface area (Å²) in [5, 5.41) is 24.4. The van der Waals surface area contributed by atoms with Crippen molar-refractivity contribution in [3.05, 3.63) is 68.7 Å². The molecule has 4 rings (SSSR count). The number of nitrogens with zero attached hydrogens (tertiary/aromatic N) is 1. The third kappa shape index (κ3) is 6.62. The monoisotopic (exact) mass is 618 g/mol. The Balaban J connectivity index is 1.81. The van der Waals surface area contributed by atoms with Crippen molar-refractivity contribution in [3.8, 4) is 11.5 Å². The molecular formula is C30H32Cl2N2O8. The molecule has 2 aliphatic rings. The molecule has 0 radical (unpaired) electrons. The average molecular weight is 619 g/mol. The number of ether oxygens (including phenoxy) is 2. The molecule has 3 N–H and O–H groups in total. The number of Topliss-reactive ketones (excluding diaryl/α,β-unsaturated/α-hetero) is 1. The van der Waals surface area contributed by atoms with E-state index in [0.717, 1.165) is 0 Å². The van der Waals surface area contributed by atoms with Crippen LogP contribution in [0, 0.1) is 0 Å². The molecule has 0 fully saturated rings. The molecule has 0 spiro atoms. The highest BCUT2D eigenvalue weighted by Gasteiger charge is 2.51. The van der Waals surface area contributed by atoms with Crippen molar-refractivity contribution in [2.24, 2.45) is 0 Å². The number of ketones is 1. The van der Waals surface area contributed by atoms with Crippen LogP contribution in [-0.4, -0.2) is 77.5 Å². The van der Waals surface area contributed by atoms with Crippen LogP contribution in [0.15, 0.2) is 42.0 Å². The molecule has 1 heterocycles. The number of fused-ring (bicyclic) bond motifs is 3. The van der Waals surface area contributed by atoms with Crippen molar-refractivity contribution in [3.63, 3.8) is 0 Å². The van der Waals surface area contributed by atoms with Gasteiger partial charge in [-0.25, -0.2) is 0 Å². The summed E-state index contributed by atoms with van der Waals surface area (Å²) in [6, 6.07) is 6.88. The first-order valence-corrected chi connectivity index (χ1v) is 14.2. The van der Waals surface area contributed by atoms with Gasteiger partial charge in [0.15, 0.2) is 11.5 Å². The van der Waals surface area contributed by atoms with Gasteiger partial charge in [-0.15, -0.1) is 0 Å². The number of hydrogen-bond acceptors (Lipinski definition) is 8. The Kier molecular flexibility index (Phi) is 10.3. The largest absolute Gasteiger partial charge is 0.493 e. The highest BCUT2D eigenvalue weighted by molar-refractivity contribution is 6.35. The van der Waals surface area contributed by atoms with Gasteiger partial charge in [-0.05, 0) is 49.2 Å². The first kappa shape index (κ1) is 31.5. The molecule has 2 aromatic carbocycles. The number of amides is 2. The number of rotatable bonds is 12. The van der Waals surface area contributed by atoms with Gasteiger partial charge in [0.2, 0.25) is 11.8 Å². The fraction of sp³-hybridized carbons (Fsp3) is 0.400. The van der Waals surface area contributed by atoms with E-state index in [9.17, 15) is 29.4 Å². The van der Waals surface area contributed by atoms with E-state index in [1.54, 1.807) is 24.3 Å². The maximum atomic E-state index is 13.7. The van der Waals surface area contributed by atoms with Gasteiger partial charge in [-0.1, -0.05) is 29.3 Å². The minimum atomic E-state index is -1.32. The second kappa shape index (κ2) is 13.7. The number of benzene rings is 2. The van der Waals surface area contributed by atoms with Crippen LogP contribution in [0.4, 0.5) is 0 Å². The summed E-state index contributed by atoms with van der Waals surface area (Å²) in [7, 11) is 1.41. The minimum Gasteiger partial charge on any atom is -0.493 e. The molecule has 1 aliphatic heterocycles. The van der Waals surface area contributed by atoms with Crippen molar-refractivity contribution < 1.29 is 38.9 Å². The lowest BCUT2D eigenvalue weighted by Crippen LogP contribution is -2.55. The molecule has 0 saturated heterocycles. The lowest BCUT2D eigenvalue weighted by atomic mass is 9.77. The fourth-order valence-electron chi connectivity index (χ4n) is 5.38. The molecule has 0 aromatic heterocycles. The van der Waals surface area contributed by atoms with Crippen LogP contribution in [0.2, 0.25) is 10.0 Å². The number of aliphatic hydroxyl groups is 2. The third-order valence-electron chi connectivity index (χ3n) is 7.37. The molecule has 1 aliphatic carbocycles. The van der Waals surface area contributed by atoms with Crippen molar-refractivity contribution in [2.75, 3.05) is 20.3 Å². The number of nitrogens with one attached hydrogen (secondary N) is 1. The molecule has 224 valence electrons. The summed E-state index contributed by atoms with van der Waals surface area (Å²) in [6.45, 7) is 1.09. The van der Waals surface area contributed by atoms with E-state index in [2.05, 4.69) is 5.32 Å². The van der Waals surface area contributed by atoms with Gasteiger partial charge in [0.1, 0.15) is 24.3 Å². The first-order valence-electron chi connectivity index (χ1n) is 13.4. The standard InChI is InChI=1S/C30H32Cl2N2O8/c1-16(37)4-3-5-25(38)34(14-18-6-7-19(31)12-22(18)32)23-13-21(30(40)33-8-9-35)26-20-10-17(15-36)11-24(41-2)28(20)42-29(26)27(23)39/h6-7,10-13,15,23,26-27,29,35,39H,3-5,8-9,14H2,1-2H3,(H,33,40)/t23-,26+,27+,29+/m1/s1. The smallest absolute Gasteiger partial charge is 0.247 e. The normalized spacial score (nSPS) is 20.5. The Morgan fingerprint density at radius 3 is 2.57 bits per heavy atom. The van der Waals surface area contributed by atoms with Crippen LogP contribution in [0.25, 0.3) is 0 Å². The van der Waals surface area contributed by atoms with E-state index in [4.69, 9.17) is 32.7 Å². The predicted molar refractivity (Wildman–Crippen MR) is 155 cm³/mol. The number of methoxy groups -OCH3 is 1. The first-order chi connectivity index (χ1) is 20.1. The summed E-state index contributed by atoms with van der Waals surface area (Å²) in [5.41, 5.74) is 1.52. The Morgan fingerprint density at radius 1 is 1.17 bits per heavy atom. The second-order valence-corrected chi connectivity index (χ2v) is 11.1. The molecule has 0 bridgehead atoms. The Labute approximate surface area is 253 Å². The number of hydrogen-bond donors (Lipinski definition) is 3. The Bertz CT molecular complexity index is 1410. The second-order valence-electron chi connectivity index (χ2n) is 10.2. The predicted octanol–water partition coefficient (Wildman–Crippen LogP) is 3.23. The maximum Gasteiger partial charge on any atom is 0.247 e. The molecule has 10 nitrogen and oxygen atoms in total. The zero-order valence-electron chi connectivity index (χ0n) is 23.1. The molecule has 2 amide bonds. The van der Waals surface area contributed by atoms with Crippen LogP contribution in [0.5, 0.6) is 11.5 Å². The van der Waals surface area contributed by atoms with E-state index < -0.39 is 30.1 Å². The van der Waals surface area contributed by atoms with E-state index in [1.807, 2.05) is 0 Å². The van der Waals surface area contributed by atoms with E-state index >= 15 is 0 Å². The quantitative estimate of drug-likeness (QED) is 0.308. The van der Waals surface area contributed by atoms with Crippen LogP contribution in [0.1, 0.15) is 53.6 Å². The van der Waals surface area contributed by atoms with Gasteiger partial charge < -0.3 is 34.7 Å². The summed E-state index contributed by atoms with van der Waals surface area (Å²) >= 11 is 12.5. The third-order valence-corrected chi connectivity index (χ3v) is 7.95. The van der Waals surface area contributed by atoms with Crippen LogP contribution >= 0.6 is 23.2 Å². The van der Waals surface area contributed by atoms with Gasteiger partial charge in [0.25, 0.3) is 0 Å². The molecule has 2 aromatic rings. The van der Waals surface area contributed by atoms with Gasteiger partial charge in [0.05, 0.1) is 25.7 Å². The van der Waals surface area contributed by atoms with Crippen LogP contribution in [-0.2, 0) is 20.9 Å². The van der Waals surface area contributed by atoms with E-state index in [0.29, 0.717) is 39.4 Å². The van der Waals surface area contributed by atoms with Crippen molar-refractivity contribution in [1.82, 2.24) is 10.2 Å². The van der Waals surface area contributed by atoms with Crippen LogP contribution in [0.3, 0.4) is 0 Å². The average Bonchev–Trinajstić information content (AvgIpc) is 3.35. The Hall–Kier alpha value is -3.44. The zero-order valence-corrected chi connectivity index (χ0v) is 24.7.